The number of methoxy groups -OCH3 is 1. The maximum Gasteiger partial charge on any atom is 0.573 e. The van der Waals surface area contributed by atoms with E-state index in [1.54, 1.807) is 35.4 Å². The van der Waals surface area contributed by atoms with E-state index in [0.29, 0.717) is 81.4 Å². The topological polar surface area (TPSA) is 171 Å². The third-order valence-corrected chi connectivity index (χ3v) is 12.2. The largest absolute Gasteiger partial charge is 0.573 e. The fraction of sp³-hybridized carbons (Fsp3) is 0.478. The SMILES string of the molecule is COC(=O)N[C@H](C(=O)N1[C@@H](C)CC[C@H]1c1nc(-c2ccc(-c3ccc(C(=O)Nc4ccc(N5CCN(C(=O)C(C)(C)C)C[C@H]5C)nc4)c(F)c3OC(F)(F)F)cc2)c[nH]1)C1CCOCC1. The molecule has 0 radical (unpaired) electrons. The number of amides is 4. The number of halogens is 4. The van der Waals surface area contributed by atoms with Gasteiger partial charge in [0, 0.05) is 67.7 Å². The predicted molar refractivity (Wildman–Crippen MR) is 232 cm³/mol. The Bertz CT molecular complexity index is 2360. The van der Waals surface area contributed by atoms with Crippen LogP contribution in [-0.4, -0.2) is 113 Å². The molecular formula is C46H54F4N8O7. The minimum Gasteiger partial charge on any atom is -0.453 e. The first-order chi connectivity index (χ1) is 30.8. The zero-order valence-electron chi connectivity index (χ0n) is 37.1. The number of hydrogen-bond donors (Lipinski definition) is 3. The molecule has 348 valence electrons. The minimum atomic E-state index is -5.29. The Kier molecular flexibility index (Phi) is 13.7. The van der Waals surface area contributed by atoms with Crippen LogP contribution < -0.4 is 20.3 Å². The summed E-state index contributed by atoms with van der Waals surface area (Å²) < 4.78 is 71.9. The number of carbonyl (C=O) groups excluding carboxylic acids is 4. The number of nitrogens with zero attached hydrogens (tertiary/aromatic N) is 5. The van der Waals surface area contributed by atoms with Crippen LogP contribution in [0, 0.1) is 17.2 Å². The van der Waals surface area contributed by atoms with Gasteiger partial charge in [0.1, 0.15) is 17.7 Å². The van der Waals surface area contributed by atoms with Gasteiger partial charge in [-0.1, -0.05) is 45.0 Å². The van der Waals surface area contributed by atoms with Gasteiger partial charge in [0.2, 0.25) is 11.8 Å². The van der Waals surface area contributed by atoms with E-state index in [2.05, 4.69) is 25.3 Å². The van der Waals surface area contributed by atoms with E-state index in [9.17, 15) is 32.3 Å². The summed E-state index contributed by atoms with van der Waals surface area (Å²) in [6.07, 6.45) is -0.451. The Morgan fingerprint density at radius 1 is 0.908 bits per heavy atom. The monoisotopic (exact) mass is 906 g/mol. The van der Waals surface area contributed by atoms with Gasteiger partial charge >= 0.3 is 12.5 Å². The molecule has 0 aliphatic carbocycles. The van der Waals surface area contributed by atoms with E-state index in [-0.39, 0.29) is 46.6 Å². The van der Waals surface area contributed by atoms with E-state index >= 15 is 4.39 Å². The van der Waals surface area contributed by atoms with Crippen LogP contribution in [-0.2, 0) is 19.1 Å². The molecule has 5 heterocycles. The molecule has 0 unspecified atom stereocenters. The van der Waals surface area contributed by atoms with Crippen LogP contribution in [0.25, 0.3) is 22.4 Å². The van der Waals surface area contributed by atoms with Crippen molar-refractivity contribution in [3.8, 4) is 28.1 Å². The molecule has 3 N–H and O–H groups in total. The van der Waals surface area contributed by atoms with Crippen LogP contribution in [0.1, 0.15) is 82.5 Å². The van der Waals surface area contributed by atoms with E-state index in [1.165, 1.54) is 31.5 Å². The highest BCUT2D eigenvalue weighted by molar-refractivity contribution is 6.05. The molecule has 4 aromatic rings. The van der Waals surface area contributed by atoms with Crippen LogP contribution in [0.5, 0.6) is 5.75 Å². The first kappa shape index (κ1) is 46.7. The summed E-state index contributed by atoms with van der Waals surface area (Å²) >= 11 is 0. The van der Waals surface area contributed by atoms with Crippen LogP contribution in [0.15, 0.2) is 60.9 Å². The number of anilines is 2. The van der Waals surface area contributed by atoms with E-state index in [0.717, 1.165) is 6.07 Å². The van der Waals surface area contributed by atoms with Gasteiger partial charge in [-0.05, 0) is 75.3 Å². The number of nitrogens with one attached hydrogen (secondary N) is 3. The third kappa shape index (κ3) is 10.5. The van der Waals surface area contributed by atoms with Crippen molar-refractivity contribution < 1.29 is 51.0 Å². The van der Waals surface area contributed by atoms with E-state index in [1.807, 2.05) is 44.4 Å². The second-order valence-corrected chi connectivity index (χ2v) is 17.8. The molecule has 7 rings (SSSR count). The molecule has 4 amide bonds. The van der Waals surface area contributed by atoms with Crippen LogP contribution in [0.4, 0.5) is 33.9 Å². The average molecular weight is 907 g/mol. The molecule has 0 spiro atoms. The normalized spacial score (nSPS) is 20.0. The zero-order chi connectivity index (χ0) is 46.8. The van der Waals surface area contributed by atoms with Gasteiger partial charge in [0.25, 0.3) is 5.91 Å². The number of rotatable bonds is 10. The molecule has 3 aliphatic rings. The number of piperazine rings is 1. The van der Waals surface area contributed by atoms with Crippen LogP contribution in [0.3, 0.4) is 0 Å². The quantitative estimate of drug-likeness (QED) is 0.134. The summed E-state index contributed by atoms with van der Waals surface area (Å²) in [5.74, 6) is -2.91. The summed E-state index contributed by atoms with van der Waals surface area (Å²) in [6.45, 7) is 12.0. The molecule has 3 fully saturated rings. The highest BCUT2D eigenvalue weighted by Crippen LogP contribution is 2.40. The number of carbonyl (C=O) groups is 4. The van der Waals surface area contributed by atoms with Gasteiger partial charge in [-0.25, -0.2) is 19.2 Å². The predicted octanol–water partition coefficient (Wildman–Crippen LogP) is 7.72. The molecule has 2 aromatic heterocycles. The first-order valence-corrected chi connectivity index (χ1v) is 21.6. The van der Waals surface area contributed by atoms with Gasteiger partial charge in [-0.15, -0.1) is 13.2 Å². The molecule has 4 atom stereocenters. The summed E-state index contributed by atoms with van der Waals surface area (Å²) in [6, 6.07) is 10.2. The van der Waals surface area contributed by atoms with Crippen molar-refractivity contribution >= 4 is 35.3 Å². The lowest BCUT2D eigenvalue weighted by atomic mass is 9.90. The van der Waals surface area contributed by atoms with Crippen molar-refractivity contribution in [2.75, 3.05) is 50.2 Å². The highest BCUT2D eigenvalue weighted by Gasteiger charge is 2.43. The van der Waals surface area contributed by atoms with Gasteiger partial charge in [0.05, 0.1) is 36.3 Å². The van der Waals surface area contributed by atoms with Crippen LogP contribution >= 0.6 is 0 Å². The lowest BCUT2D eigenvalue weighted by Crippen LogP contribution is -2.56. The van der Waals surface area contributed by atoms with E-state index in [4.69, 9.17) is 14.5 Å². The number of likely N-dealkylation sites (tertiary alicyclic amines) is 1. The summed E-state index contributed by atoms with van der Waals surface area (Å²) in [4.78, 5) is 70.7. The lowest BCUT2D eigenvalue weighted by Gasteiger charge is -2.42. The van der Waals surface area contributed by atoms with Crippen molar-refractivity contribution in [2.45, 2.75) is 90.8 Å². The summed E-state index contributed by atoms with van der Waals surface area (Å²) in [5, 5.41) is 5.26. The third-order valence-electron chi connectivity index (χ3n) is 12.2. The molecule has 2 aromatic carbocycles. The van der Waals surface area contributed by atoms with Crippen molar-refractivity contribution in [1.82, 2.24) is 30.1 Å². The molecule has 19 heteroatoms. The Morgan fingerprint density at radius 3 is 2.25 bits per heavy atom. The van der Waals surface area contributed by atoms with Gasteiger partial charge < -0.3 is 44.5 Å². The van der Waals surface area contributed by atoms with Gasteiger partial charge in [-0.2, -0.15) is 0 Å². The second kappa shape index (κ2) is 19.1. The van der Waals surface area contributed by atoms with Gasteiger partial charge in [-0.3, -0.25) is 14.4 Å². The number of aromatic amines is 1. The van der Waals surface area contributed by atoms with Crippen LogP contribution in [0.2, 0.25) is 0 Å². The number of alkyl carbamates (subject to hydrolysis) is 1. The fourth-order valence-electron chi connectivity index (χ4n) is 8.84. The summed E-state index contributed by atoms with van der Waals surface area (Å²) in [7, 11) is 1.24. The number of alkyl halides is 3. The zero-order valence-corrected chi connectivity index (χ0v) is 37.1. The Morgan fingerprint density at radius 2 is 1.62 bits per heavy atom. The molecule has 0 bridgehead atoms. The number of hydrogen-bond acceptors (Lipinski definition) is 10. The molecule has 3 saturated heterocycles. The Labute approximate surface area is 374 Å². The number of benzene rings is 2. The molecule has 0 saturated carbocycles. The standard InChI is InChI=1S/C46H54F4N8O7/c1-26-7-15-35(58(26)42(60)38(55-44(62)63-6)30-17-21-64-22-18-30)40-52-24-34(54-40)29-10-8-28(9-11-29)32-13-14-33(37(47)39(32)65-46(48,49)50)41(59)53-31-12-16-36(51-23-31)57-20-19-56(25-27(57)2)43(61)45(3,4)5/h8-14,16,23-24,26-27,30,35,38H,7,15,17-22,25H2,1-6H3,(H,52,54)(H,53,59)(H,55,62)/t26-,27+,35-,38-/m0/s1. The smallest absolute Gasteiger partial charge is 0.453 e. The number of imidazole rings is 1. The molecule has 3 aliphatic heterocycles. The van der Waals surface area contributed by atoms with Crippen molar-refractivity contribution in [2.24, 2.45) is 11.3 Å². The van der Waals surface area contributed by atoms with Crippen molar-refractivity contribution in [3.05, 3.63) is 78.1 Å². The average Bonchev–Trinajstić information content (AvgIpc) is 3.92. The molecule has 15 nitrogen and oxygen atoms in total. The fourth-order valence-corrected chi connectivity index (χ4v) is 8.84. The number of aromatic nitrogens is 3. The van der Waals surface area contributed by atoms with Crippen molar-refractivity contribution in [3.63, 3.8) is 0 Å². The molecule has 65 heavy (non-hydrogen) atoms. The number of ether oxygens (including phenoxy) is 3. The number of pyridine rings is 1. The Hall–Kier alpha value is -6.24. The van der Waals surface area contributed by atoms with Gasteiger partial charge in [0.15, 0.2) is 11.6 Å². The maximum absolute atomic E-state index is 16.1. The first-order valence-electron chi connectivity index (χ1n) is 21.6. The summed E-state index contributed by atoms with van der Waals surface area (Å²) in [5.41, 5.74) is -0.0100. The second-order valence-electron chi connectivity index (χ2n) is 17.8. The maximum atomic E-state index is 16.1. The Balaban J connectivity index is 1.06. The van der Waals surface area contributed by atoms with Crippen molar-refractivity contribution in [1.29, 1.82) is 0 Å². The number of H-pyrrole nitrogens is 1. The molecular weight excluding hydrogens is 853 g/mol. The minimum absolute atomic E-state index is 0.0477. The van der Waals surface area contributed by atoms with E-state index < -0.39 is 53.0 Å². The highest BCUT2D eigenvalue weighted by atomic mass is 19.4. The lowest BCUT2D eigenvalue weighted by molar-refractivity contribution is -0.275.